The molecule has 6 nitrogen and oxygen atoms in total. The molecule has 0 atom stereocenters. The smallest absolute Gasteiger partial charge is 0.412 e. The van der Waals surface area contributed by atoms with E-state index in [-0.39, 0.29) is 5.69 Å². The van der Waals surface area contributed by atoms with Gasteiger partial charge in [0.1, 0.15) is 11.4 Å². The molecule has 1 aromatic carbocycles. The molecule has 0 heterocycles. The van der Waals surface area contributed by atoms with Crippen LogP contribution in [-0.4, -0.2) is 29.4 Å². The van der Waals surface area contributed by atoms with E-state index in [9.17, 15) is 9.59 Å². The van der Waals surface area contributed by atoms with Crippen molar-refractivity contribution in [2.45, 2.75) is 33.3 Å². The van der Waals surface area contributed by atoms with Gasteiger partial charge in [-0.2, -0.15) is 0 Å². The van der Waals surface area contributed by atoms with Gasteiger partial charge in [-0.05, 0) is 39.3 Å². The van der Waals surface area contributed by atoms with E-state index in [0.717, 1.165) is 0 Å². The zero-order valence-electron chi connectivity index (χ0n) is 12.3. The molecule has 21 heavy (non-hydrogen) atoms. The van der Waals surface area contributed by atoms with Gasteiger partial charge in [0.15, 0.2) is 6.61 Å². The average molecular weight is 316 g/mol. The number of carboxylic acid groups (broad SMARTS) is 1. The number of hydrogen-bond donors (Lipinski definition) is 2. The van der Waals surface area contributed by atoms with E-state index in [1.54, 1.807) is 33.8 Å². The SMILES string of the molecule is Cc1cc(Cl)c(NC(=O)OC(C)(C)C)cc1OCC(=O)O. The van der Waals surface area contributed by atoms with Crippen molar-refractivity contribution in [3.8, 4) is 5.75 Å². The highest BCUT2D eigenvalue weighted by Gasteiger charge is 2.18. The molecule has 0 fully saturated rings. The van der Waals surface area contributed by atoms with E-state index in [4.69, 9.17) is 26.2 Å². The fourth-order valence-electron chi connectivity index (χ4n) is 1.46. The van der Waals surface area contributed by atoms with Gasteiger partial charge in [0.2, 0.25) is 0 Å². The van der Waals surface area contributed by atoms with E-state index in [1.165, 1.54) is 6.07 Å². The van der Waals surface area contributed by atoms with Crippen molar-refractivity contribution in [2.24, 2.45) is 0 Å². The van der Waals surface area contributed by atoms with Crippen molar-refractivity contribution in [2.75, 3.05) is 11.9 Å². The Morgan fingerprint density at radius 1 is 1.33 bits per heavy atom. The summed E-state index contributed by atoms with van der Waals surface area (Å²) in [5, 5.41) is 11.4. The number of rotatable bonds is 4. The lowest BCUT2D eigenvalue weighted by atomic mass is 10.2. The van der Waals surface area contributed by atoms with Crippen LogP contribution in [0.5, 0.6) is 5.75 Å². The number of aryl methyl sites for hydroxylation is 1. The van der Waals surface area contributed by atoms with Crippen LogP contribution in [0.15, 0.2) is 12.1 Å². The van der Waals surface area contributed by atoms with Crippen molar-refractivity contribution in [3.05, 3.63) is 22.7 Å². The molecule has 0 aromatic heterocycles. The van der Waals surface area contributed by atoms with Crippen LogP contribution < -0.4 is 10.1 Å². The highest BCUT2D eigenvalue weighted by Crippen LogP contribution is 2.31. The Morgan fingerprint density at radius 2 is 1.95 bits per heavy atom. The number of ether oxygens (including phenoxy) is 2. The first-order chi connectivity index (χ1) is 9.58. The Labute approximate surface area is 128 Å². The lowest BCUT2D eigenvalue weighted by Gasteiger charge is -2.20. The zero-order valence-corrected chi connectivity index (χ0v) is 13.1. The minimum absolute atomic E-state index is 0.289. The maximum Gasteiger partial charge on any atom is 0.412 e. The fraction of sp³-hybridized carbons (Fsp3) is 0.429. The lowest BCUT2D eigenvalue weighted by molar-refractivity contribution is -0.139. The lowest BCUT2D eigenvalue weighted by Crippen LogP contribution is -2.27. The first-order valence-electron chi connectivity index (χ1n) is 6.23. The standard InChI is InChI=1S/C14H18ClNO5/c1-8-5-9(15)10(6-11(8)20-7-12(17)18)16-13(19)21-14(2,3)4/h5-6H,7H2,1-4H3,(H,16,19)(H,17,18). The number of benzene rings is 1. The molecular weight excluding hydrogens is 298 g/mol. The third-order valence-corrected chi connectivity index (χ3v) is 2.56. The molecule has 1 amide bonds. The third-order valence-electron chi connectivity index (χ3n) is 2.25. The minimum Gasteiger partial charge on any atom is -0.482 e. The largest absolute Gasteiger partial charge is 0.482 e. The molecular formula is C14H18ClNO5. The molecule has 1 rings (SSSR count). The van der Waals surface area contributed by atoms with Gasteiger partial charge < -0.3 is 14.6 Å². The molecule has 0 aliphatic heterocycles. The van der Waals surface area contributed by atoms with E-state index in [2.05, 4.69) is 5.32 Å². The summed E-state index contributed by atoms with van der Waals surface area (Å²) in [6.45, 7) is 6.47. The van der Waals surface area contributed by atoms with Gasteiger partial charge >= 0.3 is 12.1 Å². The predicted octanol–water partition coefficient (Wildman–Crippen LogP) is 3.46. The summed E-state index contributed by atoms with van der Waals surface area (Å²) in [6.07, 6.45) is -0.655. The predicted molar refractivity (Wildman–Crippen MR) is 79.2 cm³/mol. The normalized spacial score (nSPS) is 10.9. The maximum absolute atomic E-state index is 11.7. The van der Waals surface area contributed by atoms with Gasteiger partial charge in [-0.15, -0.1) is 0 Å². The van der Waals surface area contributed by atoms with Crippen LogP contribution in [0.25, 0.3) is 0 Å². The summed E-state index contributed by atoms with van der Waals surface area (Å²) in [5.41, 5.74) is 0.317. The number of anilines is 1. The van der Waals surface area contributed by atoms with Crippen LogP contribution in [0.3, 0.4) is 0 Å². The minimum atomic E-state index is -1.09. The van der Waals surface area contributed by atoms with Gasteiger partial charge in [0.05, 0.1) is 10.7 Å². The molecule has 116 valence electrons. The molecule has 7 heteroatoms. The second kappa shape index (κ2) is 6.67. The van der Waals surface area contributed by atoms with Crippen molar-refractivity contribution >= 4 is 29.4 Å². The molecule has 0 spiro atoms. The molecule has 0 aliphatic rings. The molecule has 1 aromatic rings. The van der Waals surface area contributed by atoms with E-state index >= 15 is 0 Å². The van der Waals surface area contributed by atoms with Gasteiger partial charge in [-0.3, -0.25) is 5.32 Å². The number of amides is 1. The van der Waals surface area contributed by atoms with Crippen molar-refractivity contribution in [1.82, 2.24) is 0 Å². The Kier molecular flexibility index (Phi) is 5.43. The topological polar surface area (TPSA) is 84.9 Å². The summed E-state index contributed by atoms with van der Waals surface area (Å²) in [7, 11) is 0. The Hall–Kier alpha value is -1.95. The summed E-state index contributed by atoms with van der Waals surface area (Å²) in [4.78, 5) is 22.2. The van der Waals surface area contributed by atoms with Crippen molar-refractivity contribution < 1.29 is 24.2 Å². The Morgan fingerprint density at radius 3 is 2.48 bits per heavy atom. The summed E-state index contributed by atoms with van der Waals surface area (Å²) in [5.74, 6) is -0.765. The number of carboxylic acids is 1. The summed E-state index contributed by atoms with van der Waals surface area (Å²) < 4.78 is 10.2. The van der Waals surface area contributed by atoms with Crippen LogP contribution in [0, 0.1) is 6.92 Å². The van der Waals surface area contributed by atoms with Gasteiger partial charge in [0.25, 0.3) is 0 Å². The van der Waals surface area contributed by atoms with Crippen LogP contribution in [0.1, 0.15) is 26.3 Å². The highest BCUT2D eigenvalue weighted by molar-refractivity contribution is 6.33. The Bertz CT molecular complexity index is 551. The Balaban J connectivity index is 2.89. The number of carbonyl (C=O) groups excluding carboxylic acids is 1. The van der Waals surface area contributed by atoms with Crippen molar-refractivity contribution in [1.29, 1.82) is 0 Å². The number of aliphatic carboxylic acids is 1. The summed E-state index contributed by atoms with van der Waals surface area (Å²) in [6, 6.07) is 3.04. The monoisotopic (exact) mass is 315 g/mol. The molecule has 0 saturated heterocycles. The average Bonchev–Trinajstić information content (AvgIpc) is 2.28. The van der Waals surface area contributed by atoms with Gasteiger partial charge in [-0.25, -0.2) is 9.59 Å². The quantitative estimate of drug-likeness (QED) is 0.888. The third kappa shape index (κ3) is 5.91. The highest BCUT2D eigenvalue weighted by atomic mass is 35.5. The van der Waals surface area contributed by atoms with E-state index in [0.29, 0.717) is 16.3 Å². The number of halogens is 1. The molecule has 0 radical (unpaired) electrons. The first kappa shape index (κ1) is 17.1. The zero-order chi connectivity index (χ0) is 16.2. The number of nitrogens with one attached hydrogen (secondary N) is 1. The summed E-state index contributed by atoms with van der Waals surface area (Å²) >= 11 is 6.04. The number of carbonyl (C=O) groups is 2. The molecule has 0 bridgehead atoms. The van der Waals surface area contributed by atoms with Crippen LogP contribution in [0.2, 0.25) is 5.02 Å². The number of hydrogen-bond acceptors (Lipinski definition) is 4. The van der Waals surface area contributed by atoms with Crippen LogP contribution in [-0.2, 0) is 9.53 Å². The molecule has 0 aliphatic carbocycles. The molecule has 0 saturated carbocycles. The molecule has 0 unspecified atom stereocenters. The van der Waals surface area contributed by atoms with Crippen LogP contribution >= 0.6 is 11.6 Å². The van der Waals surface area contributed by atoms with E-state index in [1.807, 2.05) is 0 Å². The maximum atomic E-state index is 11.7. The van der Waals surface area contributed by atoms with Crippen LogP contribution in [0.4, 0.5) is 10.5 Å². The fourth-order valence-corrected chi connectivity index (χ4v) is 1.72. The van der Waals surface area contributed by atoms with Gasteiger partial charge in [-0.1, -0.05) is 11.6 Å². The van der Waals surface area contributed by atoms with Crippen molar-refractivity contribution in [3.63, 3.8) is 0 Å². The molecule has 2 N–H and O–H groups in total. The first-order valence-corrected chi connectivity index (χ1v) is 6.61. The second-order valence-corrected chi connectivity index (χ2v) is 5.81. The van der Waals surface area contributed by atoms with E-state index < -0.39 is 24.3 Å². The van der Waals surface area contributed by atoms with Gasteiger partial charge in [0, 0.05) is 6.07 Å². The second-order valence-electron chi connectivity index (χ2n) is 5.41.